The third-order valence-electron chi connectivity index (χ3n) is 5.84. The molecule has 0 bridgehead atoms. The maximum Gasteiger partial charge on any atom is 0.0723 e. The van der Waals surface area contributed by atoms with Gasteiger partial charge in [-0.05, 0) is 54.3 Å². The van der Waals surface area contributed by atoms with Crippen molar-refractivity contribution in [3.63, 3.8) is 0 Å². The number of piperidine rings is 1. The molecule has 2 aliphatic rings. The van der Waals surface area contributed by atoms with Crippen molar-refractivity contribution in [1.29, 1.82) is 0 Å². The fourth-order valence-corrected chi connectivity index (χ4v) is 4.87. The Labute approximate surface area is 155 Å². The summed E-state index contributed by atoms with van der Waals surface area (Å²) in [5.74, 6) is 0. The zero-order valence-electron chi connectivity index (χ0n) is 15.1. The molecular weight excluding hydrogens is 328 g/mol. The number of benzene rings is 1. The summed E-state index contributed by atoms with van der Waals surface area (Å²) in [5.41, 5.74) is 2.96. The van der Waals surface area contributed by atoms with Crippen LogP contribution >= 0.6 is 11.3 Å². The Morgan fingerprint density at radius 3 is 2.68 bits per heavy atom. The van der Waals surface area contributed by atoms with Crippen molar-refractivity contribution in [1.82, 2.24) is 9.80 Å². The Bertz CT molecular complexity index is 650. The number of rotatable bonds is 5. The number of thiophene rings is 1. The van der Waals surface area contributed by atoms with Gasteiger partial charge in [-0.15, -0.1) is 0 Å². The van der Waals surface area contributed by atoms with Crippen LogP contribution in [0.3, 0.4) is 0 Å². The summed E-state index contributed by atoms with van der Waals surface area (Å²) < 4.78 is 6.37. The van der Waals surface area contributed by atoms with Crippen molar-refractivity contribution in [2.75, 3.05) is 26.7 Å². The standard InChI is InChI=1S/C21H28N2OS/c1-22(14-18-5-3-2-4-6-18)20-13-21(24-16-20)8-10-23(11-9-21)15-19-7-12-25-17-19/h2-7,12,17,20H,8-11,13-16H2,1H3/t20-/m0/s1. The maximum atomic E-state index is 6.37. The highest BCUT2D eigenvalue weighted by molar-refractivity contribution is 7.07. The summed E-state index contributed by atoms with van der Waals surface area (Å²) in [6.07, 6.45) is 3.53. The Balaban J connectivity index is 1.28. The molecule has 0 saturated carbocycles. The van der Waals surface area contributed by atoms with Crippen LogP contribution in [-0.4, -0.2) is 48.2 Å². The van der Waals surface area contributed by atoms with E-state index in [9.17, 15) is 0 Å². The molecule has 0 aliphatic carbocycles. The molecule has 1 spiro atoms. The highest BCUT2D eigenvalue weighted by Crippen LogP contribution is 2.38. The summed E-state index contributed by atoms with van der Waals surface area (Å²) in [6.45, 7) is 5.30. The fraction of sp³-hybridized carbons (Fsp3) is 0.524. The van der Waals surface area contributed by atoms with E-state index in [-0.39, 0.29) is 5.60 Å². The van der Waals surface area contributed by atoms with Gasteiger partial charge in [0.05, 0.1) is 12.2 Å². The van der Waals surface area contributed by atoms with E-state index in [4.69, 9.17) is 4.74 Å². The first-order valence-corrected chi connectivity index (χ1v) is 10.3. The number of hydrogen-bond donors (Lipinski definition) is 0. The van der Waals surface area contributed by atoms with E-state index in [0.29, 0.717) is 6.04 Å². The zero-order chi connectivity index (χ0) is 17.1. The van der Waals surface area contributed by atoms with Crippen LogP contribution in [-0.2, 0) is 17.8 Å². The van der Waals surface area contributed by atoms with Gasteiger partial charge >= 0.3 is 0 Å². The average Bonchev–Trinajstić information content (AvgIpc) is 3.29. The van der Waals surface area contributed by atoms with E-state index in [0.717, 1.165) is 32.8 Å². The average molecular weight is 357 g/mol. The monoisotopic (exact) mass is 356 g/mol. The molecule has 2 fully saturated rings. The number of hydrogen-bond acceptors (Lipinski definition) is 4. The summed E-state index contributed by atoms with van der Waals surface area (Å²) in [4.78, 5) is 5.06. The summed E-state index contributed by atoms with van der Waals surface area (Å²) in [6, 6.07) is 13.5. The molecule has 1 atom stereocenters. The van der Waals surface area contributed by atoms with Crippen LogP contribution in [0, 0.1) is 0 Å². The first-order valence-electron chi connectivity index (χ1n) is 9.34. The third-order valence-corrected chi connectivity index (χ3v) is 6.57. The molecule has 134 valence electrons. The van der Waals surface area contributed by atoms with Crippen LogP contribution in [0.4, 0.5) is 0 Å². The fourth-order valence-electron chi connectivity index (χ4n) is 4.21. The predicted molar refractivity (Wildman–Crippen MR) is 104 cm³/mol. The molecule has 3 heterocycles. The highest BCUT2D eigenvalue weighted by Gasteiger charge is 2.43. The van der Waals surface area contributed by atoms with Gasteiger partial charge in [0.2, 0.25) is 0 Å². The van der Waals surface area contributed by atoms with Gasteiger partial charge in [0.15, 0.2) is 0 Å². The molecule has 0 unspecified atom stereocenters. The van der Waals surface area contributed by atoms with Gasteiger partial charge in [0.1, 0.15) is 0 Å². The smallest absolute Gasteiger partial charge is 0.0723 e. The number of likely N-dealkylation sites (tertiary alicyclic amines) is 1. The van der Waals surface area contributed by atoms with Crippen LogP contribution in [0.15, 0.2) is 47.2 Å². The topological polar surface area (TPSA) is 15.7 Å². The van der Waals surface area contributed by atoms with E-state index in [1.807, 2.05) is 0 Å². The summed E-state index contributed by atoms with van der Waals surface area (Å²) in [5, 5.41) is 4.44. The molecule has 4 rings (SSSR count). The molecule has 25 heavy (non-hydrogen) atoms. The maximum absolute atomic E-state index is 6.37. The van der Waals surface area contributed by atoms with E-state index >= 15 is 0 Å². The van der Waals surface area contributed by atoms with Crippen LogP contribution in [0.1, 0.15) is 30.4 Å². The first kappa shape index (κ1) is 17.2. The van der Waals surface area contributed by atoms with E-state index in [1.54, 1.807) is 11.3 Å². The van der Waals surface area contributed by atoms with Crippen molar-refractivity contribution in [2.45, 2.75) is 44.0 Å². The molecule has 1 aromatic heterocycles. The Hall–Kier alpha value is -1.20. The van der Waals surface area contributed by atoms with Crippen molar-refractivity contribution in [2.24, 2.45) is 0 Å². The van der Waals surface area contributed by atoms with Crippen LogP contribution < -0.4 is 0 Å². The Kier molecular flexibility index (Phi) is 5.23. The van der Waals surface area contributed by atoms with Gasteiger partial charge in [-0.2, -0.15) is 11.3 Å². The summed E-state index contributed by atoms with van der Waals surface area (Å²) >= 11 is 1.79. The molecule has 2 aliphatic heterocycles. The molecule has 0 radical (unpaired) electrons. The van der Waals surface area contributed by atoms with Crippen molar-refractivity contribution < 1.29 is 4.74 Å². The zero-order valence-corrected chi connectivity index (χ0v) is 15.9. The van der Waals surface area contributed by atoms with E-state index in [2.05, 4.69) is 64.0 Å². The SMILES string of the molecule is CN(Cc1ccccc1)[C@@H]1COC2(CCN(Cc3ccsc3)CC2)C1. The Morgan fingerprint density at radius 2 is 1.96 bits per heavy atom. The molecule has 3 nitrogen and oxygen atoms in total. The van der Waals surface area contributed by atoms with Gasteiger partial charge < -0.3 is 4.74 Å². The largest absolute Gasteiger partial charge is 0.373 e. The molecule has 2 aromatic rings. The van der Waals surface area contributed by atoms with Crippen molar-refractivity contribution in [3.05, 3.63) is 58.3 Å². The number of ether oxygens (including phenoxy) is 1. The molecule has 1 aromatic carbocycles. The second kappa shape index (κ2) is 7.58. The molecule has 2 saturated heterocycles. The lowest BCUT2D eigenvalue weighted by Crippen LogP contribution is -2.44. The first-order chi connectivity index (χ1) is 12.2. The highest BCUT2D eigenvalue weighted by atomic mass is 32.1. The molecular formula is C21H28N2OS. The Morgan fingerprint density at radius 1 is 1.16 bits per heavy atom. The minimum atomic E-state index is 0.126. The lowest BCUT2D eigenvalue weighted by molar-refractivity contribution is -0.0452. The van der Waals surface area contributed by atoms with Gasteiger partial charge in [-0.3, -0.25) is 9.80 Å². The summed E-state index contributed by atoms with van der Waals surface area (Å²) in [7, 11) is 2.24. The normalized spacial score (nSPS) is 23.5. The molecule has 0 amide bonds. The predicted octanol–water partition coefficient (Wildman–Crippen LogP) is 4.00. The van der Waals surface area contributed by atoms with Crippen molar-refractivity contribution >= 4 is 11.3 Å². The third kappa shape index (κ3) is 4.14. The van der Waals surface area contributed by atoms with Crippen LogP contribution in [0.5, 0.6) is 0 Å². The lowest BCUT2D eigenvalue weighted by atomic mass is 9.87. The van der Waals surface area contributed by atoms with Crippen LogP contribution in [0.2, 0.25) is 0 Å². The minimum Gasteiger partial charge on any atom is -0.373 e. The molecule has 4 heteroatoms. The second-order valence-corrected chi connectivity index (χ2v) is 8.44. The van der Waals surface area contributed by atoms with Crippen molar-refractivity contribution in [3.8, 4) is 0 Å². The van der Waals surface area contributed by atoms with Gasteiger partial charge in [0.25, 0.3) is 0 Å². The van der Waals surface area contributed by atoms with Gasteiger partial charge in [-0.1, -0.05) is 30.3 Å². The number of nitrogens with zero attached hydrogens (tertiary/aromatic N) is 2. The second-order valence-electron chi connectivity index (χ2n) is 7.66. The number of likely N-dealkylation sites (N-methyl/N-ethyl adjacent to an activating group) is 1. The minimum absolute atomic E-state index is 0.126. The quantitative estimate of drug-likeness (QED) is 0.805. The molecule has 0 N–H and O–H groups in total. The lowest BCUT2D eigenvalue weighted by Gasteiger charge is -2.39. The van der Waals surface area contributed by atoms with E-state index < -0.39 is 0 Å². The van der Waals surface area contributed by atoms with Gasteiger partial charge in [-0.25, -0.2) is 0 Å². The van der Waals surface area contributed by atoms with Crippen LogP contribution in [0.25, 0.3) is 0 Å². The van der Waals surface area contributed by atoms with E-state index in [1.165, 1.54) is 30.4 Å². The van der Waals surface area contributed by atoms with Gasteiger partial charge in [0, 0.05) is 32.2 Å².